The van der Waals surface area contributed by atoms with Crippen LogP contribution >= 0.6 is 23.2 Å². The standard InChI is InChI=1S/C14H13Cl2FN4/c15-9-4-5-10(11(17)8-9)12-18-13(16)20-14(19-12)21-6-2-1-3-7-21/h4-5,8H,1-3,6-7H2. The van der Waals surface area contributed by atoms with Gasteiger partial charge in [-0.1, -0.05) is 11.6 Å². The van der Waals surface area contributed by atoms with Crippen molar-refractivity contribution >= 4 is 29.2 Å². The van der Waals surface area contributed by atoms with Crippen molar-refractivity contribution in [3.63, 3.8) is 0 Å². The zero-order valence-corrected chi connectivity index (χ0v) is 12.7. The number of halogens is 3. The first-order valence-electron chi connectivity index (χ1n) is 6.75. The van der Waals surface area contributed by atoms with E-state index >= 15 is 0 Å². The molecule has 0 amide bonds. The Kier molecular flexibility index (Phi) is 4.22. The quantitative estimate of drug-likeness (QED) is 0.837. The molecule has 1 aromatic heterocycles. The van der Waals surface area contributed by atoms with E-state index in [1.165, 1.54) is 12.5 Å². The van der Waals surface area contributed by atoms with Gasteiger partial charge in [0.1, 0.15) is 5.82 Å². The summed E-state index contributed by atoms with van der Waals surface area (Å²) in [6, 6.07) is 4.37. The fourth-order valence-corrected chi connectivity index (χ4v) is 2.68. The topological polar surface area (TPSA) is 41.9 Å². The second kappa shape index (κ2) is 6.12. The highest BCUT2D eigenvalue weighted by molar-refractivity contribution is 6.30. The van der Waals surface area contributed by atoms with Crippen LogP contribution in [0.4, 0.5) is 10.3 Å². The van der Waals surface area contributed by atoms with Crippen molar-refractivity contribution < 1.29 is 4.39 Å². The molecule has 110 valence electrons. The molecule has 2 heterocycles. The monoisotopic (exact) mass is 326 g/mol. The van der Waals surface area contributed by atoms with Crippen LogP contribution in [0.2, 0.25) is 10.3 Å². The molecule has 4 nitrogen and oxygen atoms in total. The van der Waals surface area contributed by atoms with Crippen molar-refractivity contribution in [2.75, 3.05) is 18.0 Å². The predicted octanol–water partition coefficient (Wildman–Crippen LogP) is 3.97. The van der Waals surface area contributed by atoms with E-state index in [2.05, 4.69) is 15.0 Å². The highest BCUT2D eigenvalue weighted by atomic mass is 35.5. The number of benzene rings is 1. The van der Waals surface area contributed by atoms with Gasteiger partial charge in [-0.05, 0) is 49.1 Å². The Morgan fingerprint density at radius 2 is 1.76 bits per heavy atom. The van der Waals surface area contributed by atoms with E-state index in [1.807, 2.05) is 4.90 Å². The lowest BCUT2D eigenvalue weighted by Gasteiger charge is -2.26. The molecule has 7 heteroatoms. The van der Waals surface area contributed by atoms with Crippen LogP contribution in [-0.2, 0) is 0 Å². The molecule has 1 fully saturated rings. The Bertz CT molecular complexity index is 659. The first kappa shape index (κ1) is 14.5. The molecule has 0 N–H and O–H groups in total. The molecule has 0 radical (unpaired) electrons. The molecule has 1 aromatic carbocycles. The second-order valence-corrected chi connectivity index (χ2v) is 5.67. The van der Waals surface area contributed by atoms with Crippen molar-refractivity contribution in [2.24, 2.45) is 0 Å². The van der Waals surface area contributed by atoms with Gasteiger partial charge in [0.2, 0.25) is 11.2 Å². The zero-order valence-electron chi connectivity index (χ0n) is 11.2. The zero-order chi connectivity index (χ0) is 14.8. The van der Waals surface area contributed by atoms with E-state index in [1.54, 1.807) is 12.1 Å². The molecule has 0 saturated carbocycles. The number of nitrogens with zero attached hydrogens (tertiary/aromatic N) is 4. The summed E-state index contributed by atoms with van der Waals surface area (Å²) in [6.07, 6.45) is 3.38. The van der Waals surface area contributed by atoms with Gasteiger partial charge >= 0.3 is 0 Å². The molecule has 0 spiro atoms. The van der Waals surface area contributed by atoms with Crippen LogP contribution in [0.1, 0.15) is 19.3 Å². The van der Waals surface area contributed by atoms with Gasteiger partial charge in [0.15, 0.2) is 5.82 Å². The number of aromatic nitrogens is 3. The van der Waals surface area contributed by atoms with E-state index in [-0.39, 0.29) is 16.7 Å². The van der Waals surface area contributed by atoms with Gasteiger partial charge in [-0.15, -0.1) is 0 Å². The van der Waals surface area contributed by atoms with E-state index in [9.17, 15) is 4.39 Å². The fourth-order valence-electron chi connectivity index (χ4n) is 2.37. The Labute approximate surface area is 131 Å². The maximum atomic E-state index is 14.0. The van der Waals surface area contributed by atoms with Crippen molar-refractivity contribution in [2.45, 2.75) is 19.3 Å². The number of hydrogen-bond donors (Lipinski definition) is 0. The first-order chi connectivity index (χ1) is 10.1. The fraction of sp³-hybridized carbons (Fsp3) is 0.357. The van der Waals surface area contributed by atoms with Crippen molar-refractivity contribution in [3.05, 3.63) is 34.3 Å². The summed E-state index contributed by atoms with van der Waals surface area (Å²) in [5.74, 6) is 0.248. The van der Waals surface area contributed by atoms with Gasteiger partial charge in [-0.2, -0.15) is 15.0 Å². The Morgan fingerprint density at radius 1 is 1.00 bits per heavy atom. The molecule has 0 atom stereocenters. The average Bonchev–Trinajstić information content (AvgIpc) is 2.47. The first-order valence-corrected chi connectivity index (χ1v) is 7.51. The molecule has 3 rings (SSSR count). The number of piperidine rings is 1. The lowest BCUT2D eigenvalue weighted by atomic mass is 10.1. The molecular formula is C14H13Cl2FN4. The smallest absolute Gasteiger partial charge is 0.230 e. The number of anilines is 1. The summed E-state index contributed by atoms with van der Waals surface area (Å²) >= 11 is 11.7. The van der Waals surface area contributed by atoms with Crippen LogP contribution in [0.25, 0.3) is 11.4 Å². The highest BCUT2D eigenvalue weighted by Gasteiger charge is 2.17. The molecule has 0 unspecified atom stereocenters. The Morgan fingerprint density at radius 3 is 2.48 bits per heavy atom. The molecule has 1 saturated heterocycles. The molecule has 1 aliphatic heterocycles. The largest absolute Gasteiger partial charge is 0.341 e. The molecule has 2 aromatic rings. The van der Waals surface area contributed by atoms with Gasteiger partial charge < -0.3 is 4.90 Å². The molecule has 21 heavy (non-hydrogen) atoms. The van der Waals surface area contributed by atoms with Gasteiger partial charge in [0.05, 0.1) is 5.56 Å². The van der Waals surface area contributed by atoms with Gasteiger partial charge in [-0.3, -0.25) is 0 Å². The minimum Gasteiger partial charge on any atom is -0.341 e. The third-order valence-corrected chi connectivity index (χ3v) is 3.81. The normalized spacial score (nSPS) is 15.3. The summed E-state index contributed by atoms with van der Waals surface area (Å²) in [5.41, 5.74) is 0.266. The van der Waals surface area contributed by atoms with Crippen molar-refractivity contribution in [1.82, 2.24) is 15.0 Å². The highest BCUT2D eigenvalue weighted by Crippen LogP contribution is 2.25. The predicted molar refractivity (Wildman–Crippen MR) is 81.3 cm³/mol. The molecule has 0 bridgehead atoms. The lowest BCUT2D eigenvalue weighted by Crippen LogP contribution is -2.31. The average molecular weight is 327 g/mol. The lowest BCUT2D eigenvalue weighted by molar-refractivity contribution is 0.567. The maximum absolute atomic E-state index is 14.0. The van der Waals surface area contributed by atoms with Crippen molar-refractivity contribution in [3.8, 4) is 11.4 Å². The number of rotatable bonds is 2. The van der Waals surface area contributed by atoms with E-state index in [0.29, 0.717) is 11.0 Å². The van der Waals surface area contributed by atoms with Crippen LogP contribution in [-0.4, -0.2) is 28.0 Å². The molecule has 0 aliphatic carbocycles. The summed E-state index contributed by atoms with van der Waals surface area (Å²) in [5, 5.41) is 0.391. The second-order valence-electron chi connectivity index (χ2n) is 4.90. The third kappa shape index (κ3) is 3.24. The molecule has 1 aliphatic rings. The van der Waals surface area contributed by atoms with Crippen LogP contribution in [0.3, 0.4) is 0 Å². The van der Waals surface area contributed by atoms with Gasteiger partial charge in [-0.25, -0.2) is 4.39 Å². The third-order valence-electron chi connectivity index (χ3n) is 3.41. The summed E-state index contributed by atoms with van der Waals surface area (Å²) in [4.78, 5) is 14.6. The van der Waals surface area contributed by atoms with Crippen LogP contribution < -0.4 is 4.90 Å². The van der Waals surface area contributed by atoms with Gasteiger partial charge in [0.25, 0.3) is 0 Å². The van der Waals surface area contributed by atoms with Crippen LogP contribution in [0, 0.1) is 5.82 Å². The van der Waals surface area contributed by atoms with Crippen molar-refractivity contribution in [1.29, 1.82) is 0 Å². The van der Waals surface area contributed by atoms with E-state index in [4.69, 9.17) is 23.2 Å². The Balaban J connectivity index is 2.00. The van der Waals surface area contributed by atoms with Crippen LogP contribution in [0.5, 0.6) is 0 Å². The SMILES string of the molecule is Fc1cc(Cl)ccc1-c1nc(Cl)nc(N2CCCCC2)n1. The summed E-state index contributed by atoms with van der Waals surface area (Å²) < 4.78 is 14.0. The Hall–Kier alpha value is -1.46. The summed E-state index contributed by atoms with van der Waals surface area (Å²) in [6.45, 7) is 1.76. The summed E-state index contributed by atoms with van der Waals surface area (Å²) in [7, 11) is 0. The minimum absolute atomic E-state index is 0.0647. The minimum atomic E-state index is -0.477. The maximum Gasteiger partial charge on any atom is 0.230 e. The molecular weight excluding hydrogens is 314 g/mol. The van der Waals surface area contributed by atoms with Gasteiger partial charge in [0, 0.05) is 18.1 Å². The van der Waals surface area contributed by atoms with E-state index < -0.39 is 5.82 Å². The number of hydrogen-bond acceptors (Lipinski definition) is 4. The van der Waals surface area contributed by atoms with E-state index in [0.717, 1.165) is 25.9 Å². The van der Waals surface area contributed by atoms with Crippen LogP contribution in [0.15, 0.2) is 18.2 Å².